The summed E-state index contributed by atoms with van der Waals surface area (Å²) in [7, 11) is 0. The lowest BCUT2D eigenvalue weighted by Crippen LogP contribution is -2.31. The number of unbranched alkanes of at least 4 members (excludes halogenated alkanes) is 3. The highest BCUT2D eigenvalue weighted by molar-refractivity contribution is 5.05. The van der Waals surface area contributed by atoms with E-state index < -0.39 is 0 Å². The summed E-state index contributed by atoms with van der Waals surface area (Å²) in [6, 6.07) is 3.83. The Balaban J connectivity index is 2.44. The minimum Gasteiger partial charge on any atom is -0.467 e. The van der Waals surface area contributed by atoms with Gasteiger partial charge in [-0.15, -0.1) is 0 Å². The number of hydrogen-bond donors (Lipinski definition) is 1. The largest absolute Gasteiger partial charge is 0.467 e. The Morgan fingerprint density at radius 2 is 2.05 bits per heavy atom. The van der Waals surface area contributed by atoms with Crippen molar-refractivity contribution < 1.29 is 9.15 Å². The maximum Gasteiger partial charge on any atom is 0.134 e. The molecule has 3 nitrogen and oxygen atoms in total. The fourth-order valence-electron chi connectivity index (χ4n) is 2.22. The van der Waals surface area contributed by atoms with Crippen LogP contribution in [-0.4, -0.2) is 12.1 Å². The monoisotopic (exact) mass is 267 g/mol. The van der Waals surface area contributed by atoms with Crippen LogP contribution in [0.25, 0.3) is 0 Å². The fraction of sp³-hybridized carbons (Fsp3) is 0.750. The summed E-state index contributed by atoms with van der Waals surface area (Å²) in [6.45, 7) is 6.44. The van der Waals surface area contributed by atoms with Crippen LogP contribution in [0.5, 0.6) is 0 Å². The number of rotatable bonds is 10. The minimum absolute atomic E-state index is 0.00996. The molecule has 0 aliphatic heterocycles. The maximum absolute atomic E-state index is 6.15. The Bertz CT molecular complexity index is 311. The van der Waals surface area contributed by atoms with E-state index in [1.807, 2.05) is 12.1 Å². The van der Waals surface area contributed by atoms with Gasteiger partial charge in [-0.2, -0.15) is 0 Å². The van der Waals surface area contributed by atoms with E-state index in [1.165, 1.54) is 25.7 Å². The van der Waals surface area contributed by atoms with Gasteiger partial charge in [0.1, 0.15) is 11.9 Å². The molecule has 0 bridgehead atoms. The molecule has 3 atom stereocenters. The Morgan fingerprint density at radius 3 is 2.63 bits per heavy atom. The molecule has 0 fully saturated rings. The maximum atomic E-state index is 6.15. The van der Waals surface area contributed by atoms with Crippen LogP contribution in [0.2, 0.25) is 0 Å². The quantitative estimate of drug-likeness (QED) is 0.638. The Kier molecular flexibility index (Phi) is 7.84. The number of hydrogen-bond acceptors (Lipinski definition) is 3. The van der Waals surface area contributed by atoms with Gasteiger partial charge < -0.3 is 14.9 Å². The molecule has 0 aliphatic rings. The van der Waals surface area contributed by atoms with Crippen LogP contribution < -0.4 is 5.73 Å². The van der Waals surface area contributed by atoms with Crippen LogP contribution in [0.3, 0.4) is 0 Å². The predicted octanol–water partition coefficient (Wildman–Crippen LogP) is 4.43. The van der Waals surface area contributed by atoms with Crippen LogP contribution in [0, 0.1) is 0 Å². The summed E-state index contributed by atoms with van der Waals surface area (Å²) < 4.78 is 11.6. The molecule has 3 unspecified atom stereocenters. The molecule has 0 amide bonds. The molecule has 1 rings (SSSR count). The molecule has 3 heteroatoms. The smallest absolute Gasteiger partial charge is 0.134 e. The van der Waals surface area contributed by atoms with Crippen molar-refractivity contribution in [1.29, 1.82) is 0 Å². The van der Waals surface area contributed by atoms with Gasteiger partial charge in [0.25, 0.3) is 0 Å². The first-order valence-corrected chi connectivity index (χ1v) is 7.63. The second-order valence-corrected chi connectivity index (χ2v) is 5.30. The Morgan fingerprint density at radius 1 is 1.26 bits per heavy atom. The third kappa shape index (κ3) is 5.79. The zero-order chi connectivity index (χ0) is 14.1. The highest BCUT2D eigenvalue weighted by Gasteiger charge is 2.23. The van der Waals surface area contributed by atoms with Crippen LogP contribution in [-0.2, 0) is 4.74 Å². The zero-order valence-electron chi connectivity index (χ0n) is 12.6. The molecule has 0 saturated carbocycles. The van der Waals surface area contributed by atoms with Crippen molar-refractivity contribution in [3.05, 3.63) is 24.2 Å². The highest BCUT2D eigenvalue weighted by atomic mass is 16.5. The summed E-state index contributed by atoms with van der Waals surface area (Å²) in [5.74, 6) is 0.842. The van der Waals surface area contributed by atoms with Crippen molar-refractivity contribution in [1.82, 2.24) is 0 Å². The van der Waals surface area contributed by atoms with Crippen LogP contribution in [0.15, 0.2) is 22.8 Å². The molecule has 0 aliphatic carbocycles. The van der Waals surface area contributed by atoms with E-state index in [0.717, 1.165) is 18.6 Å². The molecule has 0 aromatic carbocycles. The third-order valence-electron chi connectivity index (χ3n) is 3.53. The van der Waals surface area contributed by atoms with Crippen molar-refractivity contribution >= 4 is 0 Å². The fourth-order valence-corrected chi connectivity index (χ4v) is 2.22. The average Bonchev–Trinajstić information content (AvgIpc) is 2.94. The molecule has 0 spiro atoms. The first kappa shape index (κ1) is 16.3. The lowest BCUT2D eigenvalue weighted by atomic mass is 10.1. The summed E-state index contributed by atoms with van der Waals surface area (Å²) in [5.41, 5.74) is 6.15. The van der Waals surface area contributed by atoms with Gasteiger partial charge in [0.2, 0.25) is 0 Å². The van der Waals surface area contributed by atoms with Crippen LogP contribution in [0.4, 0.5) is 0 Å². The first-order valence-electron chi connectivity index (χ1n) is 7.63. The number of nitrogens with two attached hydrogens (primary N) is 1. The van der Waals surface area contributed by atoms with Gasteiger partial charge in [0.05, 0.1) is 12.4 Å². The third-order valence-corrected chi connectivity index (χ3v) is 3.53. The van der Waals surface area contributed by atoms with E-state index in [1.54, 1.807) is 6.26 Å². The second-order valence-electron chi connectivity index (χ2n) is 5.30. The molecule has 1 aromatic heterocycles. The lowest BCUT2D eigenvalue weighted by molar-refractivity contribution is -0.0337. The van der Waals surface area contributed by atoms with Gasteiger partial charge >= 0.3 is 0 Å². The second kappa shape index (κ2) is 9.16. The normalized spacial score (nSPS) is 16.2. The Labute approximate surface area is 117 Å². The van der Waals surface area contributed by atoms with E-state index >= 15 is 0 Å². The summed E-state index contributed by atoms with van der Waals surface area (Å²) in [4.78, 5) is 0. The number of ether oxygens (including phenoxy) is 1. The molecule has 0 saturated heterocycles. The topological polar surface area (TPSA) is 48.4 Å². The number of furan rings is 1. The zero-order valence-corrected chi connectivity index (χ0v) is 12.6. The molecule has 1 aromatic rings. The van der Waals surface area contributed by atoms with Crippen LogP contribution >= 0.6 is 0 Å². The van der Waals surface area contributed by atoms with E-state index in [9.17, 15) is 0 Å². The molecular weight excluding hydrogens is 238 g/mol. The summed E-state index contributed by atoms with van der Waals surface area (Å²) >= 11 is 0. The van der Waals surface area contributed by atoms with Gasteiger partial charge in [-0.3, -0.25) is 0 Å². The Hall–Kier alpha value is -0.800. The van der Waals surface area contributed by atoms with Gasteiger partial charge in [-0.05, 0) is 31.9 Å². The molecular formula is C16H29NO2. The minimum atomic E-state index is -0.124. The SMILES string of the molecule is CCCCCCC(C)OC(c1ccco1)C(N)CC. The molecule has 1 heterocycles. The highest BCUT2D eigenvalue weighted by Crippen LogP contribution is 2.25. The lowest BCUT2D eigenvalue weighted by Gasteiger charge is -2.25. The summed E-state index contributed by atoms with van der Waals surface area (Å²) in [5, 5.41) is 0. The van der Waals surface area contributed by atoms with Gasteiger partial charge in [0.15, 0.2) is 0 Å². The van der Waals surface area contributed by atoms with Crippen molar-refractivity contribution in [2.75, 3.05) is 0 Å². The summed E-state index contributed by atoms with van der Waals surface area (Å²) in [6.07, 6.45) is 8.84. The molecule has 0 radical (unpaired) electrons. The van der Waals surface area contributed by atoms with Crippen LogP contribution in [0.1, 0.15) is 71.2 Å². The van der Waals surface area contributed by atoms with E-state index in [-0.39, 0.29) is 18.2 Å². The van der Waals surface area contributed by atoms with E-state index in [2.05, 4.69) is 20.8 Å². The van der Waals surface area contributed by atoms with Crippen molar-refractivity contribution in [3.8, 4) is 0 Å². The van der Waals surface area contributed by atoms with E-state index in [0.29, 0.717) is 0 Å². The van der Waals surface area contributed by atoms with E-state index in [4.69, 9.17) is 14.9 Å². The molecule has 19 heavy (non-hydrogen) atoms. The van der Waals surface area contributed by atoms with Gasteiger partial charge in [0, 0.05) is 6.04 Å². The van der Waals surface area contributed by atoms with Gasteiger partial charge in [-0.25, -0.2) is 0 Å². The molecule has 2 N–H and O–H groups in total. The van der Waals surface area contributed by atoms with Crippen molar-refractivity contribution in [2.45, 2.75) is 77.5 Å². The molecule has 110 valence electrons. The van der Waals surface area contributed by atoms with Gasteiger partial charge in [-0.1, -0.05) is 39.5 Å². The van der Waals surface area contributed by atoms with Crippen molar-refractivity contribution in [3.63, 3.8) is 0 Å². The van der Waals surface area contributed by atoms with Crippen molar-refractivity contribution in [2.24, 2.45) is 5.73 Å². The standard InChI is InChI=1S/C16H29NO2/c1-4-6-7-8-10-13(3)19-16(14(17)5-2)15-11-9-12-18-15/h9,11-14,16H,4-8,10,17H2,1-3H3. The average molecular weight is 267 g/mol. The predicted molar refractivity (Wildman–Crippen MR) is 79.0 cm³/mol. The first-order chi connectivity index (χ1) is 9.19.